The molecule has 0 saturated carbocycles. The highest BCUT2D eigenvalue weighted by molar-refractivity contribution is 4.81. The van der Waals surface area contributed by atoms with Crippen LogP contribution in [0.25, 0.3) is 0 Å². The van der Waals surface area contributed by atoms with Gasteiger partial charge in [-0.1, -0.05) is 58.4 Å². The van der Waals surface area contributed by atoms with E-state index < -0.39 is 0 Å². The summed E-state index contributed by atoms with van der Waals surface area (Å²) in [4.78, 5) is 0. The molecule has 102 valence electrons. The first-order chi connectivity index (χ1) is 8.20. The highest BCUT2D eigenvalue weighted by atomic mass is 16.5. The van der Waals surface area contributed by atoms with Gasteiger partial charge in [0.25, 0.3) is 0 Å². The van der Waals surface area contributed by atoms with E-state index in [1.54, 1.807) is 0 Å². The van der Waals surface area contributed by atoms with Gasteiger partial charge >= 0.3 is 0 Å². The van der Waals surface area contributed by atoms with Crippen LogP contribution in [0.2, 0.25) is 0 Å². The van der Waals surface area contributed by atoms with E-state index in [0.29, 0.717) is 5.76 Å². The van der Waals surface area contributed by atoms with Crippen molar-refractivity contribution in [1.82, 2.24) is 0 Å². The summed E-state index contributed by atoms with van der Waals surface area (Å²) in [6, 6.07) is 0. The van der Waals surface area contributed by atoms with Gasteiger partial charge in [0.15, 0.2) is 0 Å². The van der Waals surface area contributed by atoms with Crippen molar-refractivity contribution in [2.24, 2.45) is 0 Å². The molecule has 2 heteroatoms. The Morgan fingerprint density at radius 2 is 1.59 bits per heavy atom. The van der Waals surface area contributed by atoms with Gasteiger partial charge in [0, 0.05) is 0 Å². The van der Waals surface area contributed by atoms with E-state index >= 15 is 0 Å². The highest BCUT2D eigenvalue weighted by Gasteiger charge is 2.03. The molecule has 1 unspecified atom stereocenters. The minimum Gasteiger partial charge on any atom is -0.493 e. The third-order valence-corrected chi connectivity index (χ3v) is 3.01. The fourth-order valence-corrected chi connectivity index (χ4v) is 1.95. The predicted molar refractivity (Wildman–Crippen MR) is 74.0 cm³/mol. The van der Waals surface area contributed by atoms with Crippen LogP contribution in [0.4, 0.5) is 0 Å². The number of rotatable bonds is 12. The van der Waals surface area contributed by atoms with Crippen molar-refractivity contribution < 1.29 is 9.84 Å². The fraction of sp³-hybridized carbons (Fsp3) is 0.867. The van der Waals surface area contributed by atoms with Crippen LogP contribution in [0.15, 0.2) is 12.3 Å². The molecule has 0 aliphatic rings. The van der Waals surface area contributed by atoms with Crippen molar-refractivity contribution in [3.8, 4) is 0 Å². The van der Waals surface area contributed by atoms with Gasteiger partial charge in [-0.15, -0.1) is 0 Å². The van der Waals surface area contributed by atoms with Crippen LogP contribution in [0.1, 0.15) is 71.6 Å². The van der Waals surface area contributed by atoms with E-state index in [1.165, 1.54) is 51.4 Å². The molecule has 0 saturated heterocycles. The summed E-state index contributed by atoms with van der Waals surface area (Å²) >= 11 is 0. The zero-order valence-electron chi connectivity index (χ0n) is 11.7. The zero-order valence-corrected chi connectivity index (χ0v) is 11.7. The van der Waals surface area contributed by atoms with Crippen molar-refractivity contribution in [1.29, 1.82) is 0 Å². The molecule has 0 radical (unpaired) electrons. The van der Waals surface area contributed by atoms with Crippen molar-refractivity contribution in [3.63, 3.8) is 0 Å². The van der Waals surface area contributed by atoms with Gasteiger partial charge in [0.05, 0.1) is 12.7 Å². The maximum absolute atomic E-state index is 8.77. The van der Waals surface area contributed by atoms with Crippen LogP contribution in [0.3, 0.4) is 0 Å². The summed E-state index contributed by atoms with van der Waals surface area (Å²) in [5.41, 5.74) is 0. The Balaban J connectivity index is 3.19. The van der Waals surface area contributed by atoms with E-state index in [4.69, 9.17) is 9.84 Å². The molecule has 0 aromatic rings. The Kier molecular flexibility index (Phi) is 11.6. The van der Waals surface area contributed by atoms with Crippen LogP contribution in [0.5, 0.6) is 0 Å². The van der Waals surface area contributed by atoms with E-state index in [2.05, 4.69) is 13.5 Å². The number of hydrogen-bond donors (Lipinski definition) is 1. The summed E-state index contributed by atoms with van der Waals surface area (Å²) in [6.45, 7) is 7.85. The lowest BCUT2D eigenvalue weighted by Crippen LogP contribution is -2.09. The molecule has 1 atom stereocenters. The molecular weight excluding hydrogens is 212 g/mol. The first kappa shape index (κ1) is 16.5. The van der Waals surface area contributed by atoms with Gasteiger partial charge in [-0.25, -0.2) is 0 Å². The predicted octanol–water partition coefficient (Wildman–Crippen LogP) is 4.43. The largest absolute Gasteiger partial charge is 0.493 e. The van der Waals surface area contributed by atoms with E-state index in [1.807, 2.05) is 6.92 Å². The second-order valence-electron chi connectivity index (χ2n) is 4.89. The number of ether oxygens (including phenoxy) is 1. The van der Waals surface area contributed by atoms with E-state index in [0.717, 1.165) is 6.42 Å². The Labute approximate surface area is 107 Å². The molecule has 0 fully saturated rings. The van der Waals surface area contributed by atoms with Crippen LogP contribution in [-0.4, -0.2) is 17.8 Å². The second-order valence-corrected chi connectivity index (χ2v) is 4.89. The monoisotopic (exact) mass is 242 g/mol. The number of aliphatic hydroxyl groups excluding tert-OH is 1. The number of hydrogen-bond acceptors (Lipinski definition) is 2. The molecule has 0 amide bonds. The number of unbranched alkanes of at least 4 members (excludes halogenated alkanes) is 7. The van der Waals surface area contributed by atoms with E-state index in [9.17, 15) is 0 Å². The first-order valence-corrected chi connectivity index (χ1v) is 7.16. The van der Waals surface area contributed by atoms with Gasteiger partial charge in [-0.2, -0.15) is 0 Å². The topological polar surface area (TPSA) is 29.5 Å². The standard InChI is InChI=1S/C15H30O2/c1-4-5-6-7-8-9-10-11-12-14(2)17-15(3)13-16/h14,16H,3-13H2,1-2H3. The highest BCUT2D eigenvalue weighted by Crippen LogP contribution is 2.12. The quantitative estimate of drug-likeness (QED) is 0.405. The zero-order chi connectivity index (χ0) is 12.9. The minimum atomic E-state index is -0.0677. The van der Waals surface area contributed by atoms with Crippen molar-refractivity contribution in [2.75, 3.05) is 6.61 Å². The Hall–Kier alpha value is -0.500. The summed E-state index contributed by atoms with van der Waals surface area (Å²) in [7, 11) is 0. The molecular formula is C15H30O2. The smallest absolute Gasteiger partial charge is 0.115 e. The molecule has 0 rings (SSSR count). The molecule has 0 heterocycles. The minimum absolute atomic E-state index is 0.0677. The Bertz CT molecular complexity index is 178. The SMILES string of the molecule is C=C(CO)OC(C)CCCCCCCCCC. The van der Waals surface area contributed by atoms with Crippen molar-refractivity contribution in [3.05, 3.63) is 12.3 Å². The molecule has 0 bridgehead atoms. The summed E-state index contributed by atoms with van der Waals surface area (Å²) in [5.74, 6) is 0.483. The molecule has 0 spiro atoms. The van der Waals surface area contributed by atoms with Crippen LogP contribution >= 0.6 is 0 Å². The second kappa shape index (κ2) is 12.0. The Morgan fingerprint density at radius 3 is 2.12 bits per heavy atom. The molecule has 0 aromatic heterocycles. The third kappa shape index (κ3) is 11.8. The molecule has 0 aliphatic heterocycles. The average Bonchev–Trinajstić information content (AvgIpc) is 2.32. The summed E-state index contributed by atoms with van der Waals surface area (Å²) in [6.07, 6.45) is 12.0. The molecule has 2 nitrogen and oxygen atoms in total. The molecule has 1 N–H and O–H groups in total. The number of aliphatic hydroxyl groups is 1. The van der Waals surface area contributed by atoms with Gasteiger partial charge in [0.1, 0.15) is 5.76 Å². The normalized spacial score (nSPS) is 12.4. The lowest BCUT2D eigenvalue weighted by Gasteiger charge is -2.14. The molecule has 0 aliphatic carbocycles. The third-order valence-electron chi connectivity index (χ3n) is 3.01. The van der Waals surface area contributed by atoms with Crippen LogP contribution in [0, 0.1) is 0 Å². The van der Waals surface area contributed by atoms with Gasteiger partial charge in [-0.3, -0.25) is 0 Å². The van der Waals surface area contributed by atoms with E-state index in [-0.39, 0.29) is 12.7 Å². The molecule has 0 aromatic carbocycles. The van der Waals surface area contributed by atoms with Gasteiger partial charge in [-0.05, 0) is 19.8 Å². The lowest BCUT2D eigenvalue weighted by atomic mass is 10.1. The van der Waals surface area contributed by atoms with Gasteiger partial charge in [0.2, 0.25) is 0 Å². The van der Waals surface area contributed by atoms with Crippen LogP contribution in [-0.2, 0) is 4.74 Å². The summed E-state index contributed by atoms with van der Waals surface area (Å²) in [5, 5.41) is 8.77. The Morgan fingerprint density at radius 1 is 1.06 bits per heavy atom. The maximum atomic E-state index is 8.77. The first-order valence-electron chi connectivity index (χ1n) is 7.16. The van der Waals surface area contributed by atoms with Gasteiger partial charge < -0.3 is 9.84 Å². The van der Waals surface area contributed by atoms with Crippen molar-refractivity contribution in [2.45, 2.75) is 77.7 Å². The summed E-state index contributed by atoms with van der Waals surface area (Å²) < 4.78 is 5.41. The fourth-order valence-electron chi connectivity index (χ4n) is 1.95. The average molecular weight is 242 g/mol. The molecule has 17 heavy (non-hydrogen) atoms. The maximum Gasteiger partial charge on any atom is 0.115 e. The lowest BCUT2D eigenvalue weighted by molar-refractivity contribution is 0.0940. The van der Waals surface area contributed by atoms with Crippen molar-refractivity contribution >= 4 is 0 Å². The van der Waals surface area contributed by atoms with Crippen LogP contribution < -0.4 is 0 Å².